The van der Waals surface area contributed by atoms with Gasteiger partial charge in [-0.25, -0.2) is 4.39 Å². The van der Waals surface area contributed by atoms with Gasteiger partial charge in [0.15, 0.2) is 5.78 Å². The Bertz CT molecular complexity index is 1110. The van der Waals surface area contributed by atoms with Crippen LogP contribution in [0.1, 0.15) is 27.3 Å². The van der Waals surface area contributed by atoms with Crippen molar-refractivity contribution in [2.75, 3.05) is 0 Å². The van der Waals surface area contributed by atoms with Crippen molar-refractivity contribution in [3.8, 4) is 0 Å². The SMILES string of the molecule is Cc1cc(C(=O)Cn2cc([N+](=O)[O-])ccc2=O)c(C)n1Cc1ccc(F)cc1. The van der Waals surface area contributed by atoms with Crippen LogP contribution < -0.4 is 5.56 Å². The third kappa shape index (κ3) is 3.90. The molecule has 144 valence electrons. The van der Waals surface area contributed by atoms with E-state index < -0.39 is 10.5 Å². The molecule has 0 saturated heterocycles. The van der Waals surface area contributed by atoms with Gasteiger partial charge in [-0.15, -0.1) is 0 Å². The van der Waals surface area contributed by atoms with Crippen molar-refractivity contribution in [3.05, 3.63) is 97.5 Å². The molecule has 0 saturated carbocycles. The average molecular weight is 383 g/mol. The summed E-state index contributed by atoms with van der Waals surface area (Å²) in [6.07, 6.45) is 1.07. The second-order valence-corrected chi connectivity index (χ2v) is 6.53. The maximum Gasteiger partial charge on any atom is 0.285 e. The van der Waals surface area contributed by atoms with Gasteiger partial charge in [-0.3, -0.25) is 19.7 Å². The third-order valence-electron chi connectivity index (χ3n) is 4.62. The molecular formula is C20H18FN3O4. The van der Waals surface area contributed by atoms with E-state index in [0.717, 1.165) is 34.2 Å². The summed E-state index contributed by atoms with van der Waals surface area (Å²) < 4.78 is 16.1. The summed E-state index contributed by atoms with van der Waals surface area (Å²) in [7, 11) is 0. The number of benzene rings is 1. The average Bonchev–Trinajstić information content (AvgIpc) is 2.93. The molecule has 0 atom stereocenters. The summed E-state index contributed by atoms with van der Waals surface area (Å²) in [5.74, 6) is -0.635. The van der Waals surface area contributed by atoms with Crippen molar-refractivity contribution in [2.45, 2.75) is 26.9 Å². The standard InChI is InChI=1S/C20H18FN3O4/c1-13-9-18(14(2)23(13)10-15-3-5-16(21)6-4-15)19(25)12-22-11-17(24(27)28)7-8-20(22)26/h3-9,11H,10,12H2,1-2H3. The van der Waals surface area contributed by atoms with E-state index in [1.165, 1.54) is 12.1 Å². The quantitative estimate of drug-likeness (QED) is 0.371. The highest BCUT2D eigenvalue weighted by molar-refractivity contribution is 5.97. The van der Waals surface area contributed by atoms with E-state index in [2.05, 4.69) is 0 Å². The molecule has 0 aliphatic carbocycles. The predicted molar refractivity (Wildman–Crippen MR) is 101 cm³/mol. The maximum absolute atomic E-state index is 13.1. The molecule has 0 N–H and O–H groups in total. The number of pyridine rings is 1. The highest BCUT2D eigenvalue weighted by atomic mass is 19.1. The van der Waals surface area contributed by atoms with E-state index in [1.807, 2.05) is 11.5 Å². The van der Waals surface area contributed by atoms with Crippen molar-refractivity contribution in [3.63, 3.8) is 0 Å². The summed E-state index contributed by atoms with van der Waals surface area (Å²) in [6, 6.07) is 10.0. The van der Waals surface area contributed by atoms with Crippen LogP contribution in [0.15, 0.2) is 53.5 Å². The number of aromatic nitrogens is 2. The number of carbonyl (C=O) groups is 1. The molecule has 0 spiro atoms. The molecule has 8 heteroatoms. The topological polar surface area (TPSA) is 87.1 Å². The molecule has 1 aromatic carbocycles. The van der Waals surface area contributed by atoms with Crippen molar-refractivity contribution in [1.82, 2.24) is 9.13 Å². The van der Waals surface area contributed by atoms with Crippen LogP contribution in [0.4, 0.5) is 10.1 Å². The monoisotopic (exact) mass is 383 g/mol. The van der Waals surface area contributed by atoms with Gasteiger partial charge in [0.2, 0.25) is 0 Å². The third-order valence-corrected chi connectivity index (χ3v) is 4.62. The Morgan fingerprint density at radius 3 is 2.46 bits per heavy atom. The van der Waals surface area contributed by atoms with Crippen molar-refractivity contribution in [2.24, 2.45) is 0 Å². The van der Waals surface area contributed by atoms with E-state index in [9.17, 15) is 24.1 Å². The molecular weight excluding hydrogens is 365 g/mol. The number of carbonyl (C=O) groups excluding carboxylic acids is 1. The van der Waals surface area contributed by atoms with Crippen molar-refractivity contribution < 1.29 is 14.1 Å². The molecule has 2 aromatic heterocycles. The number of nitrogens with zero attached hydrogens (tertiary/aromatic N) is 3. The molecule has 0 bridgehead atoms. The number of nitro groups is 1. The van der Waals surface area contributed by atoms with Gasteiger partial charge in [0.25, 0.3) is 11.2 Å². The summed E-state index contributed by atoms with van der Waals surface area (Å²) in [6.45, 7) is 3.83. The van der Waals surface area contributed by atoms with Crippen LogP contribution in [-0.2, 0) is 13.1 Å². The van der Waals surface area contributed by atoms with Gasteiger partial charge in [0.05, 0.1) is 17.7 Å². The minimum atomic E-state index is -0.616. The lowest BCUT2D eigenvalue weighted by Crippen LogP contribution is -2.23. The van der Waals surface area contributed by atoms with E-state index >= 15 is 0 Å². The van der Waals surface area contributed by atoms with Crippen LogP contribution in [0, 0.1) is 29.8 Å². The number of halogens is 1. The van der Waals surface area contributed by atoms with Gasteiger partial charge in [0.1, 0.15) is 5.82 Å². The Morgan fingerprint density at radius 2 is 1.82 bits per heavy atom. The molecule has 0 unspecified atom stereocenters. The number of rotatable bonds is 6. The van der Waals surface area contributed by atoms with Crippen LogP contribution in [-0.4, -0.2) is 19.8 Å². The largest absolute Gasteiger partial charge is 0.344 e. The summed E-state index contributed by atoms with van der Waals surface area (Å²) in [5.41, 5.74) is 2.14. The molecule has 28 heavy (non-hydrogen) atoms. The summed E-state index contributed by atoms with van der Waals surface area (Å²) in [4.78, 5) is 35.0. The van der Waals surface area contributed by atoms with Crippen molar-refractivity contribution >= 4 is 11.5 Å². The first-order valence-electron chi connectivity index (χ1n) is 8.55. The minimum Gasteiger partial charge on any atom is -0.344 e. The highest BCUT2D eigenvalue weighted by Gasteiger charge is 2.18. The number of hydrogen-bond acceptors (Lipinski definition) is 4. The molecule has 3 rings (SSSR count). The Morgan fingerprint density at radius 1 is 1.14 bits per heavy atom. The second kappa shape index (κ2) is 7.59. The fourth-order valence-corrected chi connectivity index (χ4v) is 3.09. The Kier molecular flexibility index (Phi) is 5.21. The van der Waals surface area contributed by atoms with Gasteiger partial charge < -0.3 is 9.13 Å². The summed E-state index contributed by atoms with van der Waals surface area (Å²) in [5, 5.41) is 10.9. The highest BCUT2D eigenvalue weighted by Crippen LogP contribution is 2.19. The number of ketones is 1. The van der Waals surface area contributed by atoms with E-state index in [-0.39, 0.29) is 23.8 Å². The van der Waals surface area contributed by atoms with E-state index in [4.69, 9.17) is 0 Å². The van der Waals surface area contributed by atoms with Gasteiger partial charge in [-0.2, -0.15) is 0 Å². The number of hydrogen-bond donors (Lipinski definition) is 0. The second-order valence-electron chi connectivity index (χ2n) is 6.53. The van der Waals surface area contributed by atoms with Crippen LogP contribution in [0.2, 0.25) is 0 Å². The molecule has 2 heterocycles. The normalized spacial score (nSPS) is 10.8. The smallest absolute Gasteiger partial charge is 0.285 e. The zero-order chi connectivity index (χ0) is 20.4. The Labute approximate surface area is 159 Å². The van der Waals surface area contributed by atoms with Gasteiger partial charge in [-0.1, -0.05) is 12.1 Å². The van der Waals surface area contributed by atoms with Crippen LogP contribution in [0.3, 0.4) is 0 Å². The van der Waals surface area contributed by atoms with E-state index in [0.29, 0.717) is 17.8 Å². The van der Waals surface area contributed by atoms with Gasteiger partial charge in [0, 0.05) is 35.6 Å². The molecule has 0 aliphatic rings. The molecule has 0 aliphatic heterocycles. The fraction of sp³-hybridized carbons (Fsp3) is 0.200. The zero-order valence-corrected chi connectivity index (χ0v) is 15.4. The fourth-order valence-electron chi connectivity index (χ4n) is 3.09. The number of Topliss-reactive ketones (excluding diaryl/α,β-unsaturated/α-hetero) is 1. The molecule has 0 fully saturated rings. The van der Waals surface area contributed by atoms with E-state index in [1.54, 1.807) is 25.1 Å². The Balaban J connectivity index is 1.87. The molecule has 0 amide bonds. The Hall–Kier alpha value is -3.55. The molecule has 3 aromatic rings. The lowest BCUT2D eigenvalue weighted by molar-refractivity contribution is -0.385. The zero-order valence-electron chi connectivity index (χ0n) is 15.4. The lowest BCUT2D eigenvalue weighted by Gasteiger charge is -2.10. The number of aryl methyl sites for hydroxylation is 1. The van der Waals surface area contributed by atoms with Gasteiger partial charge >= 0.3 is 0 Å². The van der Waals surface area contributed by atoms with Crippen LogP contribution in [0.25, 0.3) is 0 Å². The summed E-state index contributed by atoms with van der Waals surface area (Å²) >= 11 is 0. The first kappa shape index (κ1) is 19.2. The predicted octanol–water partition coefficient (Wildman–Crippen LogP) is 3.25. The molecule has 0 radical (unpaired) electrons. The first-order valence-corrected chi connectivity index (χ1v) is 8.55. The van der Waals surface area contributed by atoms with Crippen LogP contribution in [0.5, 0.6) is 0 Å². The van der Waals surface area contributed by atoms with Gasteiger partial charge in [-0.05, 0) is 37.6 Å². The molecule has 7 nitrogen and oxygen atoms in total. The minimum absolute atomic E-state index is 0.255. The first-order chi connectivity index (χ1) is 13.3. The van der Waals surface area contributed by atoms with Crippen LogP contribution >= 0.6 is 0 Å². The lowest BCUT2D eigenvalue weighted by atomic mass is 10.1. The van der Waals surface area contributed by atoms with Crippen molar-refractivity contribution in [1.29, 1.82) is 0 Å². The maximum atomic E-state index is 13.1.